The predicted molar refractivity (Wildman–Crippen MR) is 47.3 cm³/mol. The van der Waals surface area contributed by atoms with Crippen molar-refractivity contribution in [2.75, 3.05) is 0 Å². The van der Waals surface area contributed by atoms with Crippen molar-refractivity contribution in [2.45, 2.75) is 19.8 Å². The summed E-state index contributed by atoms with van der Waals surface area (Å²) in [6.45, 7) is 1.66. The molecule has 0 radical (unpaired) electrons. The first-order chi connectivity index (χ1) is 6.99. The normalized spacial score (nSPS) is 10.4. The highest BCUT2D eigenvalue weighted by atomic mass is 19.2. The molecule has 1 rings (SSSR count). The van der Waals surface area contributed by atoms with E-state index in [-0.39, 0.29) is 6.42 Å². The molecular formula is C10H9F3O2. The quantitative estimate of drug-likeness (QED) is 0.792. The van der Waals surface area contributed by atoms with E-state index in [2.05, 4.69) is 0 Å². The smallest absolute Gasteiger partial charge is 0.338 e. The zero-order chi connectivity index (χ0) is 11.6. The van der Waals surface area contributed by atoms with Crippen LogP contribution < -0.4 is 0 Å². The molecule has 5 heteroatoms. The monoisotopic (exact) mass is 218 g/mol. The van der Waals surface area contributed by atoms with E-state index in [1.807, 2.05) is 0 Å². The lowest BCUT2D eigenvalue weighted by Gasteiger charge is -2.06. The summed E-state index contributed by atoms with van der Waals surface area (Å²) in [4.78, 5) is 10.5. The van der Waals surface area contributed by atoms with Crippen LogP contribution in [0, 0.1) is 17.5 Å². The molecular weight excluding hydrogens is 209 g/mol. The van der Waals surface area contributed by atoms with Gasteiger partial charge in [0.25, 0.3) is 0 Å². The van der Waals surface area contributed by atoms with Gasteiger partial charge < -0.3 is 5.11 Å². The minimum Gasteiger partial charge on any atom is -0.478 e. The Labute approximate surface area is 84.3 Å². The Kier molecular flexibility index (Phi) is 3.34. The summed E-state index contributed by atoms with van der Waals surface area (Å²) in [6.07, 6.45) is 0.367. The predicted octanol–water partition coefficient (Wildman–Crippen LogP) is 2.75. The fraction of sp³-hybridized carbons (Fsp3) is 0.300. The highest BCUT2D eigenvalue weighted by molar-refractivity contribution is 5.88. The van der Waals surface area contributed by atoms with Gasteiger partial charge in [0, 0.05) is 5.56 Å². The molecule has 0 aliphatic carbocycles. The number of carbonyl (C=O) groups is 1. The van der Waals surface area contributed by atoms with E-state index in [0.717, 1.165) is 0 Å². The number of rotatable bonds is 3. The first-order valence-electron chi connectivity index (χ1n) is 4.38. The summed E-state index contributed by atoms with van der Waals surface area (Å²) >= 11 is 0. The SMILES string of the molecule is CCCc1c(F)c(F)cc(C(=O)O)c1F. The van der Waals surface area contributed by atoms with Gasteiger partial charge >= 0.3 is 5.97 Å². The van der Waals surface area contributed by atoms with Crippen LogP contribution in [0.1, 0.15) is 29.3 Å². The van der Waals surface area contributed by atoms with E-state index in [9.17, 15) is 18.0 Å². The number of carboxylic acids is 1. The molecule has 0 amide bonds. The summed E-state index contributed by atoms with van der Waals surface area (Å²) < 4.78 is 39.3. The molecule has 0 saturated carbocycles. The van der Waals surface area contributed by atoms with E-state index < -0.39 is 34.5 Å². The molecule has 0 atom stereocenters. The van der Waals surface area contributed by atoms with Crippen molar-refractivity contribution in [2.24, 2.45) is 0 Å². The van der Waals surface area contributed by atoms with E-state index in [1.54, 1.807) is 6.92 Å². The minimum absolute atomic E-state index is 0.0320. The highest BCUT2D eigenvalue weighted by Gasteiger charge is 2.21. The third-order valence-corrected chi connectivity index (χ3v) is 1.98. The van der Waals surface area contributed by atoms with Gasteiger partial charge in [-0.2, -0.15) is 0 Å². The number of aromatic carboxylic acids is 1. The molecule has 1 N–H and O–H groups in total. The zero-order valence-corrected chi connectivity index (χ0v) is 7.98. The lowest BCUT2D eigenvalue weighted by Crippen LogP contribution is -2.08. The fourth-order valence-electron chi connectivity index (χ4n) is 1.28. The van der Waals surface area contributed by atoms with Gasteiger partial charge in [0.1, 0.15) is 5.82 Å². The second-order valence-corrected chi connectivity index (χ2v) is 3.07. The van der Waals surface area contributed by atoms with Crippen molar-refractivity contribution >= 4 is 5.97 Å². The molecule has 0 heterocycles. The van der Waals surface area contributed by atoms with Crippen molar-refractivity contribution in [3.63, 3.8) is 0 Å². The molecule has 0 aliphatic heterocycles. The van der Waals surface area contributed by atoms with Crippen molar-refractivity contribution in [3.8, 4) is 0 Å². The third-order valence-electron chi connectivity index (χ3n) is 1.98. The van der Waals surface area contributed by atoms with E-state index in [4.69, 9.17) is 5.11 Å². The van der Waals surface area contributed by atoms with Gasteiger partial charge in [-0.3, -0.25) is 0 Å². The lowest BCUT2D eigenvalue weighted by atomic mass is 10.0. The maximum absolute atomic E-state index is 13.4. The first-order valence-corrected chi connectivity index (χ1v) is 4.38. The van der Waals surface area contributed by atoms with Crippen LogP contribution in [0.25, 0.3) is 0 Å². The summed E-state index contributed by atoms with van der Waals surface area (Å²) in [7, 11) is 0. The molecule has 0 aromatic heterocycles. The summed E-state index contributed by atoms with van der Waals surface area (Å²) in [6, 6.07) is 0.353. The molecule has 2 nitrogen and oxygen atoms in total. The molecule has 0 aliphatic rings. The molecule has 0 saturated heterocycles. The zero-order valence-electron chi connectivity index (χ0n) is 7.98. The van der Waals surface area contributed by atoms with Crippen LogP contribution in [-0.2, 0) is 6.42 Å². The van der Waals surface area contributed by atoms with Gasteiger partial charge in [0.2, 0.25) is 0 Å². The molecule has 0 bridgehead atoms. The van der Waals surface area contributed by atoms with Crippen molar-refractivity contribution in [1.29, 1.82) is 0 Å². The Bertz CT molecular complexity index is 402. The maximum Gasteiger partial charge on any atom is 0.338 e. The van der Waals surface area contributed by atoms with Crippen molar-refractivity contribution < 1.29 is 23.1 Å². The van der Waals surface area contributed by atoms with Gasteiger partial charge in [-0.15, -0.1) is 0 Å². The molecule has 1 aromatic rings. The lowest BCUT2D eigenvalue weighted by molar-refractivity contribution is 0.0690. The average Bonchev–Trinajstić information content (AvgIpc) is 2.18. The van der Waals surface area contributed by atoms with Crippen LogP contribution in [0.2, 0.25) is 0 Å². The van der Waals surface area contributed by atoms with E-state index >= 15 is 0 Å². The average molecular weight is 218 g/mol. The molecule has 82 valence electrons. The van der Waals surface area contributed by atoms with Crippen LogP contribution in [0.5, 0.6) is 0 Å². The second kappa shape index (κ2) is 4.33. The largest absolute Gasteiger partial charge is 0.478 e. The first kappa shape index (κ1) is 11.6. The standard InChI is InChI=1S/C10H9F3O2/c1-2-3-5-8(12)6(10(14)15)4-7(11)9(5)13/h4H,2-3H2,1H3,(H,14,15). The van der Waals surface area contributed by atoms with Crippen molar-refractivity contribution in [3.05, 3.63) is 34.6 Å². The minimum atomic E-state index is -1.61. The van der Waals surface area contributed by atoms with E-state index in [1.165, 1.54) is 0 Å². The van der Waals surface area contributed by atoms with Crippen molar-refractivity contribution in [1.82, 2.24) is 0 Å². The number of carboxylic acid groups (broad SMARTS) is 1. The molecule has 0 unspecified atom stereocenters. The molecule has 0 spiro atoms. The van der Waals surface area contributed by atoms with Crippen LogP contribution in [0.15, 0.2) is 6.07 Å². The van der Waals surface area contributed by atoms with Gasteiger partial charge in [0.05, 0.1) is 5.56 Å². The van der Waals surface area contributed by atoms with Crippen LogP contribution in [0.3, 0.4) is 0 Å². The van der Waals surface area contributed by atoms with Crippen LogP contribution >= 0.6 is 0 Å². The van der Waals surface area contributed by atoms with Gasteiger partial charge in [0.15, 0.2) is 11.6 Å². The van der Waals surface area contributed by atoms with E-state index in [0.29, 0.717) is 12.5 Å². The van der Waals surface area contributed by atoms with Gasteiger partial charge in [-0.25, -0.2) is 18.0 Å². The summed E-state index contributed by atoms with van der Waals surface area (Å²) in [5, 5.41) is 8.54. The number of hydrogen-bond acceptors (Lipinski definition) is 1. The Balaban J connectivity index is 3.41. The Morgan fingerprint density at radius 2 is 1.93 bits per heavy atom. The summed E-state index contributed by atoms with van der Waals surface area (Å²) in [5.74, 6) is -5.44. The Hall–Kier alpha value is -1.52. The molecule has 15 heavy (non-hydrogen) atoms. The molecule has 1 aromatic carbocycles. The van der Waals surface area contributed by atoms with Gasteiger partial charge in [-0.1, -0.05) is 13.3 Å². The Morgan fingerprint density at radius 1 is 1.33 bits per heavy atom. The third kappa shape index (κ3) is 2.11. The Morgan fingerprint density at radius 3 is 2.40 bits per heavy atom. The summed E-state index contributed by atoms with van der Waals surface area (Å²) in [5.41, 5.74) is -1.34. The fourth-order valence-corrected chi connectivity index (χ4v) is 1.28. The topological polar surface area (TPSA) is 37.3 Å². The van der Waals surface area contributed by atoms with Crippen LogP contribution in [0.4, 0.5) is 13.2 Å². The molecule has 0 fully saturated rings. The highest BCUT2D eigenvalue weighted by Crippen LogP contribution is 2.21. The second-order valence-electron chi connectivity index (χ2n) is 3.07. The number of halogens is 3. The number of benzene rings is 1. The van der Waals surface area contributed by atoms with Crippen LogP contribution in [-0.4, -0.2) is 11.1 Å². The van der Waals surface area contributed by atoms with Gasteiger partial charge in [-0.05, 0) is 12.5 Å². The number of hydrogen-bond donors (Lipinski definition) is 1. The maximum atomic E-state index is 13.4.